The largest absolute Gasteiger partial charge is 0.496 e. The number of hydrogen-bond acceptors (Lipinski definition) is 4. The van der Waals surface area contributed by atoms with E-state index in [-0.39, 0.29) is 0 Å². The number of methoxy groups -OCH3 is 2. The highest BCUT2D eigenvalue weighted by Gasteiger charge is 2.03. The van der Waals surface area contributed by atoms with E-state index in [0.29, 0.717) is 6.04 Å². The van der Waals surface area contributed by atoms with Gasteiger partial charge < -0.3 is 19.5 Å². The first-order chi connectivity index (χ1) is 10.2. The molecule has 0 radical (unpaired) electrons. The van der Waals surface area contributed by atoms with Crippen molar-refractivity contribution in [2.24, 2.45) is 0 Å². The van der Waals surface area contributed by atoms with Crippen LogP contribution in [0.25, 0.3) is 0 Å². The molecular formula is C17H29NO3. The van der Waals surface area contributed by atoms with Crippen molar-refractivity contribution in [2.45, 2.75) is 45.6 Å². The highest BCUT2D eigenvalue weighted by atomic mass is 16.5. The zero-order chi connectivity index (χ0) is 15.5. The molecule has 0 fully saturated rings. The summed E-state index contributed by atoms with van der Waals surface area (Å²) >= 11 is 0. The minimum atomic E-state index is 0.585. The molecule has 0 aliphatic heterocycles. The molecule has 120 valence electrons. The van der Waals surface area contributed by atoms with E-state index in [1.807, 2.05) is 18.2 Å². The van der Waals surface area contributed by atoms with Crippen LogP contribution in [0.5, 0.6) is 17.2 Å². The molecule has 0 saturated carbocycles. The number of ether oxygens (including phenoxy) is 3. The molecule has 0 aliphatic carbocycles. The summed E-state index contributed by atoms with van der Waals surface area (Å²) in [6.07, 6.45) is 4.59. The highest BCUT2D eigenvalue weighted by Crippen LogP contribution is 2.27. The highest BCUT2D eigenvalue weighted by molar-refractivity contribution is 5.41. The quantitative estimate of drug-likeness (QED) is 0.633. The minimum absolute atomic E-state index is 0.585. The van der Waals surface area contributed by atoms with Gasteiger partial charge in [0.1, 0.15) is 17.2 Å². The van der Waals surface area contributed by atoms with E-state index in [4.69, 9.17) is 14.2 Å². The van der Waals surface area contributed by atoms with Crippen molar-refractivity contribution in [1.29, 1.82) is 0 Å². The normalized spacial score (nSPS) is 12.0. The van der Waals surface area contributed by atoms with Gasteiger partial charge in [0.05, 0.1) is 20.8 Å². The molecule has 4 heteroatoms. The SMILES string of the molecule is CCCNC(C)CCCCOc1cc(OC)cc(OC)c1. The fourth-order valence-corrected chi connectivity index (χ4v) is 2.10. The van der Waals surface area contributed by atoms with Crippen LogP contribution in [0.3, 0.4) is 0 Å². The van der Waals surface area contributed by atoms with Crippen LogP contribution in [-0.2, 0) is 0 Å². The first-order valence-corrected chi connectivity index (χ1v) is 7.78. The molecule has 0 aliphatic rings. The van der Waals surface area contributed by atoms with Crippen molar-refractivity contribution in [2.75, 3.05) is 27.4 Å². The number of unbranched alkanes of at least 4 members (excludes halogenated alkanes) is 1. The zero-order valence-electron chi connectivity index (χ0n) is 13.8. The molecule has 1 aromatic rings. The Morgan fingerprint density at radius 2 is 1.62 bits per heavy atom. The second kappa shape index (κ2) is 10.3. The van der Waals surface area contributed by atoms with Crippen molar-refractivity contribution in [1.82, 2.24) is 5.32 Å². The second-order valence-corrected chi connectivity index (χ2v) is 5.25. The summed E-state index contributed by atoms with van der Waals surface area (Å²) in [4.78, 5) is 0. The fourth-order valence-electron chi connectivity index (χ4n) is 2.10. The molecule has 0 bridgehead atoms. The summed E-state index contributed by atoms with van der Waals surface area (Å²) in [5.74, 6) is 2.30. The summed E-state index contributed by atoms with van der Waals surface area (Å²) in [5.41, 5.74) is 0. The maximum absolute atomic E-state index is 5.77. The van der Waals surface area contributed by atoms with Crippen molar-refractivity contribution in [3.8, 4) is 17.2 Å². The van der Waals surface area contributed by atoms with E-state index in [1.54, 1.807) is 14.2 Å². The molecule has 4 nitrogen and oxygen atoms in total. The van der Waals surface area contributed by atoms with E-state index >= 15 is 0 Å². The molecule has 0 aromatic heterocycles. The maximum atomic E-state index is 5.77. The number of rotatable bonds is 11. The topological polar surface area (TPSA) is 39.7 Å². The molecule has 1 aromatic carbocycles. The molecule has 1 N–H and O–H groups in total. The van der Waals surface area contributed by atoms with Gasteiger partial charge in [0.25, 0.3) is 0 Å². The molecule has 1 unspecified atom stereocenters. The van der Waals surface area contributed by atoms with Crippen molar-refractivity contribution in [3.63, 3.8) is 0 Å². The van der Waals surface area contributed by atoms with Crippen LogP contribution in [0.1, 0.15) is 39.5 Å². The lowest BCUT2D eigenvalue weighted by Gasteiger charge is -2.13. The Bertz CT molecular complexity index is 373. The third kappa shape index (κ3) is 7.23. The van der Waals surface area contributed by atoms with E-state index in [9.17, 15) is 0 Å². The molecule has 0 spiro atoms. The summed E-state index contributed by atoms with van der Waals surface area (Å²) < 4.78 is 16.2. The van der Waals surface area contributed by atoms with Gasteiger partial charge in [-0.05, 0) is 39.2 Å². The Morgan fingerprint density at radius 1 is 1.00 bits per heavy atom. The predicted molar refractivity (Wildman–Crippen MR) is 86.6 cm³/mol. The maximum Gasteiger partial charge on any atom is 0.126 e. The average molecular weight is 295 g/mol. The monoisotopic (exact) mass is 295 g/mol. The van der Waals surface area contributed by atoms with Gasteiger partial charge in [-0.15, -0.1) is 0 Å². The van der Waals surface area contributed by atoms with E-state index in [2.05, 4.69) is 19.2 Å². The van der Waals surface area contributed by atoms with Crippen LogP contribution < -0.4 is 19.5 Å². The van der Waals surface area contributed by atoms with Crippen LogP contribution >= 0.6 is 0 Å². The third-order valence-electron chi connectivity index (χ3n) is 3.37. The number of hydrogen-bond donors (Lipinski definition) is 1. The molecular weight excluding hydrogens is 266 g/mol. The van der Waals surface area contributed by atoms with Crippen LogP contribution in [-0.4, -0.2) is 33.4 Å². The molecule has 21 heavy (non-hydrogen) atoms. The van der Waals surface area contributed by atoms with Crippen LogP contribution in [0.4, 0.5) is 0 Å². The van der Waals surface area contributed by atoms with Crippen LogP contribution in [0, 0.1) is 0 Å². The average Bonchev–Trinajstić information content (AvgIpc) is 2.52. The van der Waals surface area contributed by atoms with E-state index in [0.717, 1.165) is 36.8 Å². The van der Waals surface area contributed by atoms with Crippen molar-refractivity contribution >= 4 is 0 Å². The van der Waals surface area contributed by atoms with Crippen LogP contribution in [0.15, 0.2) is 18.2 Å². The van der Waals surface area contributed by atoms with Crippen LogP contribution in [0.2, 0.25) is 0 Å². The molecule has 0 amide bonds. The number of benzene rings is 1. The third-order valence-corrected chi connectivity index (χ3v) is 3.37. The van der Waals surface area contributed by atoms with E-state index in [1.165, 1.54) is 19.3 Å². The van der Waals surface area contributed by atoms with Gasteiger partial charge in [0.2, 0.25) is 0 Å². The number of nitrogens with one attached hydrogen (secondary N) is 1. The summed E-state index contributed by atoms with van der Waals surface area (Å²) in [5, 5.41) is 3.50. The Hall–Kier alpha value is -1.42. The fraction of sp³-hybridized carbons (Fsp3) is 0.647. The van der Waals surface area contributed by atoms with Gasteiger partial charge in [0, 0.05) is 24.2 Å². The standard InChI is InChI=1S/C17H29NO3/c1-5-9-18-14(2)8-6-7-10-21-17-12-15(19-3)11-16(13-17)20-4/h11-14,18H,5-10H2,1-4H3. The lowest BCUT2D eigenvalue weighted by Crippen LogP contribution is -2.26. The van der Waals surface area contributed by atoms with Gasteiger partial charge in [0.15, 0.2) is 0 Å². The Morgan fingerprint density at radius 3 is 2.19 bits per heavy atom. The first-order valence-electron chi connectivity index (χ1n) is 7.78. The van der Waals surface area contributed by atoms with Gasteiger partial charge >= 0.3 is 0 Å². The Balaban J connectivity index is 2.26. The minimum Gasteiger partial charge on any atom is -0.496 e. The van der Waals surface area contributed by atoms with Gasteiger partial charge in [-0.3, -0.25) is 0 Å². The summed E-state index contributed by atoms with van der Waals surface area (Å²) in [7, 11) is 3.28. The van der Waals surface area contributed by atoms with Crippen molar-refractivity contribution < 1.29 is 14.2 Å². The molecule has 0 heterocycles. The lowest BCUT2D eigenvalue weighted by atomic mass is 10.1. The zero-order valence-corrected chi connectivity index (χ0v) is 13.8. The van der Waals surface area contributed by atoms with E-state index < -0.39 is 0 Å². The lowest BCUT2D eigenvalue weighted by molar-refractivity contribution is 0.297. The Kier molecular flexibility index (Phi) is 8.67. The summed E-state index contributed by atoms with van der Waals surface area (Å²) in [6.45, 7) is 6.25. The summed E-state index contributed by atoms with van der Waals surface area (Å²) in [6, 6.07) is 6.19. The molecule has 1 atom stereocenters. The predicted octanol–water partition coefficient (Wildman–Crippen LogP) is 3.64. The first kappa shape index (κ1) is 17.6. The van der Waals surface area contributed by atoms with Gasteiger partial charge in [-0.25, -0.2) is 0 Å². The van der Waals surface area contributed by atoms with Gasteiger partial charge in [-0.2, -0.15) is 0 Å². The molecule has 0 saturated heterocycles. The van der Waals surface area contributed by atoms with Gasteiger partial charge in [-0.1, -0.05) is 6.92 Å². The Labute approximate surface area is 128 Å². The smallest absolute Gasteiger partial charge is 0.126 e. The van der Waals surface area contributed by atoms with Crippen molar-refractivity contribution in [3.05, 3.63) is 18.2 Å². The molecule has 1 rings (SSSR count). The second-order valence-electron chi connectivity index (χ2n) is 5.25.